The smallest absolute Gasteiger partial charge is 0.223 e. The fraction of sp³-hybridized carbons (Fsp3) is 0. The predicted molar refractivity (Wildman–Crippen MR) is 184 cm³/mol. The van der Waals surface area contributed by atoms with Crippen LogP contribution in [0, 0.1) is 11.3 Å². The quantitative estimate of drug-likeness (QED) is 0.202. The molecular formula is C39H23N7. The van der Waals surface area contributed by atoms with Crippen LogP contribution in [0.4, 0.5) is 0 Å². The van der Waals surface area contributed by atoms with Gasteiger partial charge in [0.05, 0.1) is 61.5 Å². The normalized spacial score (nSPS) is 11.9. The van der Waals surface area contributed by atoms with E-state index in [1.807, 2.05) is 60.7 Å². The lowest BCUT2D eigenvalue weighted by atomic mass is 10.1. The van der Waals surface area contributed by atoms with Crippen LogP contribution in [0.15, 0.2) is 140 Å². The van der Waals surface area contributed by atoms with Gasteiger partial charge in [-0.15, -0.1) is 0 Å². The van der Waals surface area contributed by atoms with Crippen LogP contribution < -0.4 is 0 Å². The summed E-state index contributed by atoms with van der Waals surface area (Å²) in [6.07, 6.45) is 0. The molecule has 0 fully saturated rings. The molecule has 0 saturated carbocycles. The van der Waals surface area contributed by atoms with Gasteiger partial charge in [0.1, 0.15) is 0 Å². The van der Waals surface area contributed by atoms with E-state index in [4.69, 9.17) is 9.97 Å². The fourth-order valence-electron chi connectivity index (χ4n) is 7.04. The van der Waals surface area contributed by atoms with Gasteiger partial charge in [-0.05, 0) is 78.9 Å². The third-order valence-electron chi connectivity index (χ3n) is 9.00. The number of hydrogen-bond acceptors (Lipinski definition) is 3. The summed E-state index contributed by atoms with van der Waals surface area (Å²) in [5.41, 5.74) is 10.4. The molecule has 10 aromatic rings. The molecule has 0 N–H and O–H groups in total. The topological polar surface area (TPSA) is 68.2 Å². The Bertz CT molecular complexity index is 2930. The summed E-state index contributed by atoms with van der Waals surface area (Å²) in [7, 11) is 0. The Morgan fingerprint density at radius 1 is 0.435 bits per heavy atom. The van der Waals surface area contributed by atoms with Gasteiger partial charge in [-0.2, -0.15) is 5.26 Å². The van der Waals surface area contributed by atoms with Gasteiger partial charge in [0.25, 0.3) is 0 Å². The highest BCUT2D eigenvalue weighted by Crippen LogP contribution is 2.35. The molecule has 0 spiro atoms. The van der Waals surface area contributed by atoms with Crippen molar-refractivity contribution >= 4 is 66.5 Å². The largest absolute Gasteiger partial charge is 0.309 e. The summed E-state index contributed by atoms with van der Waals surface area (Å²) < 4.78 is 8.82. The summed E-state index contributed by atoms with van der Waals surface area (Å²) in [5.74, 6) is 1.44. The lowest BCUT2D eigenvalue weighted by Crippen LogP contribution is -2.02. The molecule has 7 nitrogen and oxygen atoms in total. The van der Waals surface area contributed by atoms with Crippen molar-refractivity contribution in [3.8, 4) is 17.4 Å². The number of benzene rings is 6. The second kappa shape index (κ2) is 9.18. The second-order valence-corrected chi connectivity index (χ2v) is 11.5. The number of hydrogen-bond donors (Lipinski definition) is 0. The number of rotatable bonds is 2. The molecule has 4 heterocycles. The minimum atomic E-state index is 0.581. The van der Waals surface area contributed by atoms with Crippen LogP contribution in [0.1, 0.15) is 5.56 Å². The maximum Gasteiger partial charge on any atom is 0.223 e. The van der Waals surface area contributed by atoms with Gasteiger partial charge >= 0.3 is 0 Å². The van der Waals surface area contributed by atoms with E-state index < -0.39 is 0 Å². The van der Waals surface area contributed by atoms with Crippen LogP contribution >= 0.6 is 0 Å². The van der Waals surface area contributed by atoms with E-state index in [2.05, 4.69) is 103 Å². The van der Waals surface area contributed by atoms with Crippen LogP contribution in [-0.4, -0.2) is 27.9 Å². The monoisotopic (exact) mass is 589 g/mol. The minimum absolute atomic E-state index is 0.581. The Morgan fingerprint density at radius 3 is 1.74 bits per heavy atom. The number of fused-ring (bicyclic) bond motifs is 12. The molecule has 7 heteroatoms. The summed E-state index contributed by atoms with van der Waals surface area (Å²) >= 11 is 0. The average molecular weight is 590 g/mol. The second-order valence-electron chi connectivity index (χ2n) is 11.5. The molecule has 6 aromatic carbocycles. The SMILES string of the molecule is N#Cc1ccc2c(c1)n1c3ccccc3nc1n(-c1ccc3c(c1)c1ccccc1n3-c1ccccc1)c1nc3ccccc3n21. The van der Waals surface area contributed by atoms with Crippen molar-refractivity contribution in [2.75, 3.05) is 0 Å². The van der Waals surface area contributed by atoms with Crippen molar-refractivity contribution < 1.29 is 0 Å². The molecule has 0 atom stereocenters. The number of aromatic nitrogens is 6. The lowest BCUT2D eigenvalue weighted by Gasteiger charge is -2.09. The Hall–Kier alpha value is -6.65. The molecule has 0 aliphatic heterocycles. The first-order valence-electron chi connectivity index (χ1n) is 15.2. The first kappa shape index (κ1) is 24.8. The molecule has 0 unspecified atom stereocenters. The lowest BCUT2D eigenvalue weighted by molar-refractivity contribution is 1.03. The summed E-state index contributed by atoms with van der Waals surface area (Å²) in [4.78, 5) is 10.5. The first-order chi connectivity index (χ1) is 22.8. The van der Waals surface area contributed by atoms with Crippen LogP contribution in [-0.2, 0) is 0 Å². The number of imidazole rings is 2. The Labute approximate surface area is 261 Å². The zero-order valence-electron chi connectivity index (χ0n) is 24.4. The molecule has 4 aromatic heterocycles. The number of nitrogens with zero attached hydrogens (tertiary/aromatic N) is 7. The summed E-state index contributed by atoms with van der Waals surface area (Å²) in [5, 5.41) is 12.2. The van der Waals surface area contributed by atoms with Crippen LogP contribution in [0.5, 0.6) is 0 Å². The molecule has 10 rings (SSSR count). The van der Waals surface area contributed by atoms with E-state index in [0.29, 0.717) is 11.3 Å². The highest BCUT2D eigenvalue weighted by molar-refractivity contribution is 6.10. The van der Waals surface area contributed by atoms with E-state index in [1.165, 1.54) is 5.39 Å². The Morgan fingerprint density at radius 2 is 1.02 bits per heavy atom. The molecule has 0 radical (unpaired) electrons. The maximum atomic E-state index is 9.94. The van der Waals surface area contributed by atoms with Crippen molar-refractivity contribution in [2.45, 2.75) is 0 Å². The Kier molecular flexibility index (Phi) is 4.94. The summed E-state index contributed by atoms with van der Waals surface area (Å²) in [6, 6.07) is 50.2. The predicted octanol–water partition coefficient (Wildman–Crippen LogP) is 8.76. The third-order valence-corrected chi connectivity index (χ3v) is 9.00. The van der Waals surface area contributed by atoms with Gasteiger partial charge in [-0.3, -0.25) is 8.80 Å². The van der Waals surface area contributed by atoms with Crippen LogP contribution in [0.25, 0.3) is 77.8 Å². The van der Waals surface area contributed by atoms with Gasteiger partial charge in [-0.25, -0.2) is 14.5 Å². The van der Waals surface area contributed by atoms with Crippen molar-refractivity contribution in [3.63, 3.8) is 0 Å². The molecular weight excluding hydrogens is 566 g/mol. The van der Waals surface area contributed by atoms with E-state index in [0.717, 1.165) is 66.7 Å². The Balaban J connectivity index is 1.44. The van der Waals surface area contributed by atoms with Gasteiger partial charge < -0.3 is 4.57 Å². The highest BCUT2D eigenvalue weighted by atomic mass is 15.3. The fourth-order valence-corrected chi connectivity index (χ4v) is 7.04. The van der Waals surface area contributed by atoms with Crippen LogP contribution in [0.3, 0.4) is 0 Å². The van der Waals surface area contributed by atoms with E-state index in [1.54, 1.807) is 0 Å². The average Bonchev–Trinajstić information content (AvgIpc) is 3.76. The zero-order valence-corrected chi connectivity index (χ0v) is 24.4. The molecule has 0 bridgehead atoms. The summed E-state index contributed by atoms with van der Waals surface area (Å²) in [6.45, 7) is 0. The minimum Gasteiger partial charge on any atom is -0.309 e. The standard InChI is InChI=1S/C39H23N7/c40-24-25-18-20-36-37(22-25)46-35-17-9-6-14-31(35)42-39(46)44(38-41-30-13-5-8-16-34(30)45(36)38)27-19-21-33-29(23-27)28-12-4-7-15-32(28)43(33)26-10-2-1-3-11-26/h1-23H. The number of nitriles is 1. The number of para-hydroxylation sites is 6. The van der Waals surface area contributed by atoms with Crippen LogP contribution in [0.2, 0.25) is 0 Å². The van der Waals surface area contributed by atoms with Crippen molar-refractivity contribution in [1.29, 1.82) is 5.26 Å². The van der Waals surface area contributed by atoms with Gasteiger partial charge in [-0.1, -0.05) is 60.7 Å². The molecule has 0 amide bonds. The van der Waals surface area contributed by atoms with E-state index in [-0.39, 0.29) is 0 Å². The molecule has 214 valence electrons. The molecule has 46 heavy (non-hydrogen) atoms. The van der Waals surface area contributed by atoms with E-state index in [9.17, 15) is 5.26 Å². The first-order valence-corrected chi connectivity index (χ1v) is 15.2. The zero-order chi connectivity index (χ0) is 30.4. The van der Waals surface area contributed by atoms with E-state index >= 15 is 0 Å². The van der Waals surface area contributed by atoms with Gasteiger partial charge in [0.15, 0.2) is 0 Å². The highest BCUT2D eigenvalue weighted by Gasteiger charge is 2.20. The van der Waals surface area contributed by atoms with Crippen molar-refractivity contribution in [3.05, 3.63) is 145 Å². The molecule has 0 saturated heterocycles. The maximum absolute atomic E-state index is 9.94. The molecule has 0 aliphatic rings. The van der Waals surface area contributed by atoms with Crippen molar-refractivity contribution in [1.82, 2.24) is 27.9 Å². The van der Waals surface area contributed by atoms with Crippen molar-refractivity contribution in [2.24, 2.45) is 0 Å². The molecule has 0 aliphatic carbocycles. The van der Waals surface area contributed by atoms with Gasteiger partial charge in [0.2, 0.25) is 11.6 Å². The van der Waals surface area contributed by atoms with Gasteiger partial charge in [0, 0.05) is 16.5 Å². The third kappa shape index (κ3) is 3.30.